The summed E-state index contributed by atoms with van der Waals surface area (Å²) in [7, 11) is 0. The average Bonchev–Trinajstić information content (AvgIpc) is 3.37. The number of aromatic nitrogens is 7. The fourth-order valence-corrected chi connectivity index (χ4v) is 3.37. The van der Waals surface area contributed by atoms with E-state index >= 15 is 0 Å². The van der Waals surface area contributed by atoms with Crippen molar-refractivity contribution in [2.45, 2.75) is 19.2 Å². The van der Waals surface area contributed by atoms with E-state index in [0.29, 0.717) is 13.2 Å². The molecular formula is C18H18N8O. The molecular weight excluding hydrogens is 344 g/mol. The number of nitrogens with zero attached hydrogens (tertiary/aromatic N) is 8. The van der Waals surface area contributed by atoms with Crippen LogP contribution in [-0.4, -0.2) is 47.7 Å². The molecule has 0 aliphatic carbocycles. The van der Waals surface area contributed by atoms with Crippen molar-refractivity contribution in [1.82, 2.24) is 34.6 Å². The molecule has 5 rings (SSSR count). The van der Waals surface area contributed by atoms with Gasteiger partial charge in [-0.05, 0) is 29.8 Å². The van der Waals surface area contributed by atoms with E-state index < -0.39 is 0 Å². The van der Waals surface area contributed by atoms with Crippen LogP contribution in [0.5, 0.6) is 0 Å². The van der Waals surface area contributed by atoms with E-state index in [-0.39, 0.29) is 6.04 Å². The Morgan fingerprint density at radius 3 is 3.07 bits per heavy atom. The Balaban J connectivity index is 1.34. The quantitative estimate of drug-likeness (QED) is 0.532. The Kier molecular flexibility index (Phi) is 3.98. The monoisotopic (exact) mass is 362 g/mol. The first kappa shape index (κ1) is 15.9. The lowest BCUT2D eigenvalue weighted by atomic mass is 10.2. The van der Waals surface area contributed by atoms with Crippen LogP contribution in [0, 0.1) is 0 Å². The maximum atomic E-state index is 5.95. The Hall–Kier alpha value is -3.33. The molecule has 1 aliphatic heterocycles. The van der Waals surface area contributed by atoms with Crippen LogP contribution in [0.3, 0.4) is 0 Å². The number of pyridine rings is 1. The summed E-state index contributed by atoms with van der Waals surface area (Å²) in [6.45, 7) is 2.61. The second kappa shape index (κ2) is 6.76. The topological polar surface area (TPSA) is 86.3 Å². The lowest BCUT2D eigenvalue weighted by Crippen LogP contribution is -2.40. The molecule has 0 bridgehead atoms. The molecule has 0 N–H and O–H groups in total. The standard InChI is InChI=1S/C18H18N8O/c1-2-14(8-19-6-1)11-27-12-16-10-24(9-15-5-7-21-26(15)16)18-4-3-17-22-20-13-25(17)23-18/h1-8,13,16H,9-12H2. The highest BCUT2D eigenvalue weighted by Gasteiger charge is 2.27. The van der Waals surface area contributed by atoms with Gasteiger partial charge >= 0.3 is 0 Å². The number of anilines is 1. The van der Waals surface area contributed by atoms with E-state index in [1.807, 2.05) is 42.7 Å². The smallest absolute Gasteiger partial charge is 0.177 e. The first-order chi connectivity index (χ1) is 13.4. The zero-order valence-corrected chi connectivity index (χ0v) is 14.6. The second-order valence-electron chi connectivity index (χ2n) is 6.50. The van der Waals surface area contributed by atoms with Gasteiger partial charge in [-0.3, -0.25) is 9.67 Å². The molecule has 1 aliphatic rings. The van der Waals surface area contributed by atoms with Gasteiger partial charge in [-0.2, -0.15) is 9.61 Å². The number of rotatable bonds is 5. The molecule has 0 saturated heterocycles. The van der Waals surface area contributed by atoms with Gasteiger partial charge in [0.25, 0.3) is 0 Å². The highest BCUT2D eigenvalue weighted by molar-refractivity contribution is 5.46. The molecule has 5 heterocycles. The molecule has 4 aromatic heterocycles. The Morgan fingerprint density at radius 1 is 1.15 bits per heavy atom. The van der Waals surface area contributed by atoms with Gasteiger partial charge in [0.05, 0.1) is 31.5 Å². The summed E-state index contributed by atoms with van der Waals surface area (Å²) in [6, 6.07) is 9.98. The molecule has 9 heteroatoms. The van der Waals surface area contributed by atoms with Crippen LogP contribution >= 0.6 is 0 Å². The Bertz CT molecular complexity index is 1040. The lowest BCUT2D eigenvalue weighted by molar-refractivity contribution is 0.0837. The second-order valence-corrected chi connectivity index (χ2v) is 6.50. The minimum Gasteiger partial charge on any atom is -0.374 e. The van der Waals surface area contributed by atoms with E-state index in [4.69, 9.17) is 4.74 Å². The van der Waals surface area contributed by atoms with E-state index in [1.165, 1.54) is 0 Å². The number of hydrogen-bond acceptors (Lipinski definition) is 7. The fourth-order valence-electron chi connectivity index (χ4n) is 3.37. The van der Waals surface area contributed by atoms with Crippen LogP contribution in [0.2, 0.25) is 0 Å². The van der Waals surface area contributed by atoms with Crippen LogP contribution in [0.15, 0.2) is 55.2 Å². The minimum atomic E-state index is 0.110. The van der Waals surface area contributed by atoms with Crippen LogP contribution in [-0.2, 0) is 17.9 Å². The van der Waals surface area contributed by atoms with Gasteiger partial charge in [0, 0.05) is 25.1 Å². The third-order valence-corrected chi connectivity index (χ3v) is 4.66. The van der Waals surface area contributed by atoms with Crippen molar-refractivity contribution < 1.29 is 4.74 Å². The van der Waals surface area contributed by atoms with E-state index in [0.717, 1.165) is 35.8 Å². The fraction of sp³-hybridized carbons (Fsp3) is 0.278. The molecule has 0 aromatic carbocycles. The lowest BCUT2D eigenvalue weighted by Gasteiger charge is -2.34. The summed E-state index contributed by atoms with van der Waals surface area (Å²) in [5, 5.41) is 17.0. The zero-order chi connectivity index (χ0) is 18.1. The molecule has 0 fully saturated rings. The zero-order valence-electron chi connectivity index (χ0n) is 14.6. The average molecular weight is 362 g/mol. The van der Waals surface area contributed by atoms with Crippen LogP contribution in [0.1, 0.15) is 17.3 Å². The molecule has 4 aromatic rings. The third-order valence-electron chi connectivity index (χ3n) is 4.66. The first-order valence-electron chi connectivity index (χ1n) is 8.78. The van der Waals surface area contributed by atoms with Crippen molar-refractivity contribution in [1.29, 1.82) is 0 Å². The molecule has 27 heavy (non-hydrogen) atoms. The molecule has 0 radical (unpaired) electrons. The first-order valence-corrected chi connectivity index (χ1v) is 8.78. The SMILES string of the molecule is c1cncc(COCC2CN(c3ccc4nncn4n3)Cc3ccnn32)c1. The molecule has 9 nitrogen and oxygen atoms in total. The molecule has 1 unspecified atom stereocenters. The van der Waals surface area contributed by atoms with Crippen molar-refractivity contribution in [3.63, 3.8) is 0 Å². The van der Waals surface area contributed by atoms with Gasteiger partial charge in [0.2, 0.25) is 0 Å². The summed E-state index contributed by atoms with van der Waals surface area (Å²) in [6.07, 6.45) is 7.04. The summed E-state index contributed by atoms with van der Waals surface area (Å²) in [4.78, 5) is 6.35. The number of ether oxygens (including phenoxy) is 1. The summed E-state index contributed by atoms with van der Waals surface area (Å²) < 4.78 is 9.70. The predicted molar refractivity (Wildman–Crippen MR) is 97.0 cm³/mol. The minimum absolute atomic E-state index is 0.110. The van der Waals surface area contributed by atoms with Crippen molar-refractivity contribution in [3.05, 3.63) is 66.5 Å². The molecule has 0 saturated carbocycles. The Labute approximate surface area is 155 Å². The summed E-state index contributed by atoms with van der Waals surface area (Å²) in [5.41, 5.74) is 2.93. The van der Waals surface area contributed by atoms with E-state index in [9.17, 15) is 0 Å². The summed E-state index contributed by atoms with van der Waals surface area (Å²) >= 11 is 0. The van der Waals surface area contributed by atoms with Crippen LogP contribution in [0.4, 0.5) is 5.82 Å². The number of hydrogen-bond donors (Lipinski definition) is 0. The molecule has 1 atom stereocenters. The van der Waals surface area contributed by atoms with Gasteiger partial charge < -0.3 is 9.64 Å². The number of fused-ring (bicyclic) bond motifs is 2. The Morgan fingerprint density at radius 2 is 2.15 bits per heavy atom. The van der Waals surface area contributed by atoms with Gasteiger partial charge in [-0.15, -0.1) is 15.3 Å². The van der Waals surface area contributed by atoms with Crippen molar-refractivity contribution in [2.24, 2.45) is 0 Å². The highest BCUT2D eigenvalue weighted by atomic mass is 16.5. The van der Waals surface area contributed by atoms with Crippen LogP contribution < -0.4 is 4.90 Å². The van der Waals surface area contributed by atoms with Crippen molar-refractivity contribution in [2.75, 3.05) is 18.1 Å². The van der Waals surface area contributed by atoms with Gasteiger partial charge in [-0.1, -0.05) is 6.07 Å². The molecule has 0 amide bonds. The molecule has 0 spiro atoms. The third kappa shape index (κ3) is 3.13. The van der Waals surface area contributed by atoms with Crippen LogP contribution in [0.25, 0.3) is 5.65 Å². The van der Waals surface area contributed by atoms with Crippen molar-refractivity contribution in [3.8, 4) is 0 Å². The van der Waals surface area contributed by atoms with E-state index in [2.05, 4.69) is 35.0 Å². The largest absolute Gasteiger partial charge is 0.374 e. The normalized spacial score (nSPS) is 16.6. The predicted octanol–water partition coefficient (Wildman–Crippen LogP) is 1.49. The van der Waals surface area contributed by atoms with Gasteiger partial charge in [0.15, 0.2) is 5.65 Å². The maximum absolute atomic E-state index is 5.95. The summed E-state index contributed by atoms with van der Waals surface area (Å²) in [5.74, 6) is 0.881. The van der Waals surface area contributed by atoms with E-state index in [1.54, 1.807) is 17.0 Å². The highest BCUT2D eigenvalue weighted by Crippen LogP contribution is 2.25. The van der Waals surface area contributed by atoms with Crippen molar-refractivity contribution >= 4 is 11.5 Å². The molecule has 136 valence electrons. The van der Waals surface area contributed by atoms with Gasteiger partial charge in [0.1, 0.15) is 12.1 Å². The van der Waals surface area contributed by atoms with Gasteiger partial charge in [-0.25, -0.2) is 0 Å². The maximum Gasteiger partial charge on any atom is 0.177 e.